The number of carbonyl (C=O) groups excluding carboxylic acids is 2. The minimum absolute atomic E-state index is 0.0267. The molecular formula is C80H157NO5. The van der Waals surface area contributed by atoms with Crippen LogP contribution in [0.2, 0.25) is 0 Å². The summed E-state index contributed by atoms with van der Waals surface area (Å²) in [7, 11) is 0. The van der Waals surface area contributed by atoms with E-state index in [0.29, 0.717) is 19.4 Å². The van der Waals surface area contributed by atoms with Crippen LogP contribution in [-0.2, 0) is 14.3 Å². The van der Waals surface area contributed by atoms with Gasteiger partial charge < -0.3 is 20.3 Å². The molecule has 6 nitrogen and oxygen atoms in total. The Labute approximate surface area is 539 Å². The summed E-state index contributed by atoms with van der Waals surface area (Å²) in [5.41, 5.74) is 0. The summed E-state index contributed by atoms with van der Waals surface area (Å²) in [5, 5.41) is 23.3. The van der Waals surface area contributed by atoms with Gasteiger partial charge in [0, 0.05) is 12.8 Å². The number of unbranched alkanes of at least 4 members (excludes halogenated alkanes) is 65. The van der Waals surface area contributed by atoms with Crippen molar-refractivity contribution in [2.24, 2.45) is 0 Å². The van der Waals surface area contributed by atoms with E-state index < -0.39 is 12.1 Å². The Bertz CT molecular complexity index is 1300. The van der Waals surface area contributed by atoms with E-state index in [9.17, 15) is 19.8 Å². The molecule has 0 aromatic heterocycles. The third-order valence-corrected chi connectivity index (χ3v) is 19.1. The Morgan fingerprint density at radius 2 is 0.535 bits per heavy atom. The normalized spacial score (nSPS) is 12.5. The number of carbonyl (C=O) groups is 2. The highest BCUT2D eigenvalue weighted by Crippen LogP contribution is 2.20. The summed E-state index contributed by atoms with van der Waals surface area (Å²) in [6, 6.07) is -0.624. The number of amides is 1. The fourth-order valence-corrected chi connectivity index (χ4v) is 13.0. The van der Waals surface area contributed by atoms with Crippen molar-refractivity contribution >= 4 is 11.9 Å². The van der Waals surface area contributed by atoms with Gasteiger partial charge in [0.25, 0.3) is 0 Å². The molecule has 6 heteroatoms. The highest BCUT2D eigenvalue weighted by Gasteiger charge is 2.18. The van der Waals surface area contributed by atoms with Crippen molar-refractivity contribution in [2.75, 3.05) is 13.2 Å². The Hall–Kier alpha value is -1.40. The second-order valence-electron chi connectivity index (χ2n) is 27.8. The van der Waals surface area contributed by atoms with E-state index in [-0.39, 0.29) is 18.5 Å². The first kappa shape index (κ1) is 84.6. The van der Waals surface area contributed by atoms with Crippen molar-refractivity contribution in [3.63, 3.8) is 0 Å². The van der Waals surface area contributed by atoms with E-state index in [1.165, 1.54) is 398 Å². The van der Waals surface area contributed by atoms with Gasteiger partial charge in [-0.25, -0.2) is 0 Å². The predicted octanol–water partition coefficient (Wildman–Crippen LogP) is 26.3. The second kappa shape index (κ2) is 76.1. The van der Waals surface area contributed by atoms with Crippen LogP contribution in [0.15, 0.2) is 12.2 Å². The van der Waals surface area contributed by atoms with Gasteiger partial charge in [0.2, 0.25) is 5.91 Å². The molecule has 1 amide bonds. The molecule has 0 aromatic rings. The molecule has 512 valence electrons. The Balaban J connectivity index is 3.32. The minimum atomic E-state index is -0.841. The van der Waals surface area contributed by atoms with Crippen LogP contribution in [0, 0.1) is 0 Å². The largest absolute Gasteiger partial charge is 0.466 e. The first-order valence-corrected chi connectivity index (χ1v) is 40.0. The topological polar surface area (TPSA) is 95.9 Å². The average Bonchev–Trinajstić information content (AvgIpc) is 3.54. The van der Waals surface area contributed by atoms with Gasteiger partial charge in [0.1, 0.15) is 0 Å². The van der Waals surface area contributed by atoms with E-state index in [2.05, 4.69) is 19.2 Å². The molecule has 0 aliphatic carbocycles. The molecule has 0 spiro atoms. The van der Waals surface area contributed by atoms with Crippen LogP contribution >= 0.6 is 0 Å². The fraction of sp³-hybridized carbons (Fsp3) is 0.950. The van der Waals surface area contributed by atoms with Crippen LogP contribution in [-0.4, -0.2) is 47.4 Å². The zero-order chi connectivity index (χ0) is 62.0. The van der Waals surface area contributed by atoms with Crippen LogP contribution in [0.3, 0.4) is 0 Å². The number of allylic oxidation sites excluding steroid dienone is 1. The van der Waals surface area contributed by atoms with E-state index in [0.717, 1.165) is 38.5 Å². The first-order chi connectivity index (χ1) is 42.5. The molecule has 86 heavy (non-hydrogen) atoms. The summed E-state index contributed by atoms with van der Waals surface area (Å²) in [4.78, 5) is 24.7. The third-order valence-electron chi connectivity index (χ3n) is 19.1. The smallest absolute Gasteiger partial charge is 0.305 e. The molecule has 0 bridgehead atoms. The van der Waals surface area contributed by atoms with Crippen LogP contribution < -0.4 is 5.32 Å². The highest BCUT2D eigenvalue weighted by atomic mass is 16.5. The van der Waals surface area contributed by atoms with Gasteiger partial charge in [-0.1, -0.05) is 431 Å². The molecule has 0 radical (unpaired) electrons. The van der Waals surface area contributed by atoms with Gasteiger partial charge in [-0.2, -0.15) is 0 Å². The second-order valence-corrected chi connectivity index (χ2v) is 27.8. The molecule has 0 aliphatic rings. The van der Waals surface area contributed by atoms with Crippen molar-refractivity contribution in [1.82, 2.24) is 5.32 Å². The zero-order valence-electron chi connectivity index (χ0n) is 58.8. The number of esters is 1. The highest BCUT2D eigenvalue weighted by molar-refractivity contribution is 5.76. The lowest BCUT2D eigenvalue weighted by atomic mass is 10.0. The van der Waals surface area contributed by atoms with E-state index in [4.69, 9.17) is 4.74 Å². The lowest BCUT2D eigenvalue weighted by Crippen LogP contribution is -2.45. The molecule has 0 saturated carbocycles. The van der Waals surface area contributed by atoms with Crippen molar-refractivity contribution in [3.05, 3.63) is 12.2 Å². The number of hydrogen-bond donors (Lipinski definition) is 3. The predicted molar refractivity (Wildman–Crippen MR) is 380 cm³/mol. The SMILES string of the molecule is CCCCCCCCCCCCCCCCCCC/C=C/C(O)C(CO)NC(=O)CCCCCCCCCCCCCCCCCCCCCCCCCCCCCCCCCCOC(=O)CCCCCCCCCCCCCCCCCCCC. The quantitative estimate of drug-likeness (QED) is 0.0320. The van der Waals surface area contributed by atoms with Crippen molar-refractivity contribution in [3.8, 4) is 0 Å². The van der Waals surface area contributed by atoms with Gasteiger partial charge in [0.15, 0.2) is 0 Å². The molecule has 0 saturated heterocycles. The molecular weight excluding hydrogens is 1050 g/mol. The number of aliphatic hydroxyl groups is 2. The molecule has 3 N–H and O–H groups in total. The van der Waals surface area contributed by atoms with Crippen LogP contribution in [0.4, 0.5) is 0 Å². The van der Waals surface area contributed by atoms with Crippen LogP contribution in [0.1, 0.15) is 463 Å². The molecule has 0 rings (SSSR count). The number of nitrogens with one attached hydrogen (secondary N) is 1. The summed E-state index contributed by atoms with van der Waals surface area (Å²) in [6.45, 7) is 4.97. The van der Waals surface area contributed by atoms with Gasteiger partial charge in [-0.3, -0.25) is 9.59 Å². The summed E-state index contributed by atoms with van der Waals surface area (Å²) in [6.07, 6.45) is 96.2. The van der Waals surface area contributed by atoms with Gasteiger partial charge in [-0.15, -0.1) is 0 Å². The van der Waals surface area contributed by atoms with Crippen molar-refractivity contribution in [1.29, 1.82) is 0 Å². The minimum Gasteiger partial charge on any atom is -0.466 e. The summed E-state index contributed by atoms with van der Waals surface area (Å²) < 4.78 is 5.52. The number of aliphatic hydroxyl groups excluding tert-OH is 2. The number of hydrogen-bond acceptors (Lipinski definition) is 5. The van der Waals surface area contributed by atoms with Gasteiger partial charge in [0.05, 0.1) is 25.4 Å². The first-order valence-electron chi connectivity index (χ1n) is 40.0. The molecule has 2 unspecified atom stereocenters. The summed E-state index contributed by atoms with van der Waals surface area (Å²) >= 11 is 0. The average molecular weight is 1210 g/mol. The molecule has 0 heterocycles. The fourth-order valence-electron chi connectivity index (χ4n) is 13.0. The maximum Gasteiger partial charge on any atom is 0.305 e. The zero-order valence-corrected chi connectivity index (χ0v) is 58.8. The van der Waals surface area contributed by atoms with E-state index in [1.54, 1.807) is 6.08 Å². The molecule has 0 fully saturated rings. The molecule has 0 aliphatic heterocycles. The lowest BCUT2D eigenvalue weighted by Gasteiger charge is -2.20. The maximum atomic E-state index is 12.5. The van der Waals surface area contributed by atoms with Gasteiger partial charge in [-0.05, 0) is 32.1 Å². The third kappa shape index (κ3) is 71.7. The maximum absolute atomic E-state index is 12.5. The number of rotatable bonds is 76. The van der Waals surface area contributed by atoms with Crippen molar-refractivity contribution < 1.29 is 24.5 Å². The Morgan fingerprint density at radius 1 is 0.314 bits per heavy atom. The Kier molecular flexibility index (Phi) is 74.8. The Morgan fingerprint density at radius 3 is 0.791 bits per heavy atom. The van der Waals surface area contributed by atoms with Crippen molar-refractivity contribution in [2.45, 2.75) is 475 Å². The standard InChI is InChI=1S/C80H157NO5/c1-3-5-7-9-11-13-15-17-19-21-37-40-44-48-52-56-60-64-68-72-78(83)77(76-82)81-79(84)73-69-65-61-57-53-49-45-41-38-35-33-31-29-27-25-23-24-26-28-30-32-34-36-39-43-47-51-55-59-63-67-71-75-86-80(85)74-70-66-62-58-54-50-46-42-22-20-18-16-14-12-10-8-6-4-2/h68,72,77-78,82-83H,3-67,69-71,73-76H2,1-2H3,(H,81,84)/b72-68+. The summed E-state index contributed by atoms with van der Waals surface area (Å²) in [5.74, 6) is -0.0320. The number of ether oxygens (including phenoxy) is 1. The monoisotopic (exact) mass is 1210 g/mol. The molecule has 0 aromatic carbocycles. The van der Waals surface area contributed by atoms with Crippen LogP contribution in [0.25, 0.3) is 0 Å². The molecule has 2 atom stereocenters. The van der Waals surface area contributed by atoms with E-state index in [1.807, 2.05) is 6.08 Å². The lowest BCUT2D eigenvalue weighted by molar-refractivity contribution is -0.143. The van der Waals surface area contributed by atoms with E-state index >= 15 is 0 Å². The van der Waals surface area contributed by atoms with Crippen LogP contribution in [0.5, 0.6) is 0 Å². The van der Waals surface area contributed by atoms with Gasteiger partial charge >= 0.3 is 5.97 Å².